The van der Waals surface area contributed by atoms with Crippen LogP contribution in [0.3, 0.4) is 0 Å². The van der Waals surface area contributed by atoms with Gasteiger partial charge < -0.3 is 5.73 Å². The highest BCUT2D eigenvalue weighted by Gasteiger charge is 2.13. The molecule has 6 heteroatoms. The lowest BCUT2D eigenvalue weighted by Gasteiger charge is -2.09. The zero-order valence-electron chi connectivity index (χ0n) is 7.71. The predicted molar refractivity (Wildman–Crippen MR) is 58.2 cm³/mol. The Hall–Kier alpha value is -0.620. The van der Waals surface area contributed by atoms with E-state index in [9.17, 15) is 4.79 Å². The van der Waals surface area contributed by atoms with Crippen molar-refractivity contribution in [2.24, 2.45) is 5.73 Å². The monoisotopic (exact) mass is 233 g/mol. The molecule has 78 valence electrons. The molecule has 1 heterocycles. The average Bonchev–Trinajstić information content (AvgIpc) is 2.51. The fourth-order valence-corrected chi connectivity index (χ4v) is 2.13. The normalized spacial score (nSPS) is 12.5. The Kier molecular flexibility index (Phi) is 4.34. The number of hydrogen-bond donors (Lipinski definition) is 3. The van der Waals surface area contributed by atoms with Gasteiger partial charge in [-0.2, -0.15) is 0 Å². The number of hydrazine groups is 1. The van der Waals surface area contributed by atoms with Gasteiger partial charge in [0.15, 0.2) is 0 Å². The molecule has 0 spiro atoms. The molecular formula is C8H12ClN3OS. The first-order valence-corrected chi connectivity index (χ1v) is 5.29. The van der Waals surface area contributed by atoms with E-state index in [1.807, 2.05) is 6.07 Å². The second-order valence-electron chi connectivity index (χ2n) is 2.76. The van der Waals surface area contributed by atoms with Crippen molar-refractivity contribution in [3.63, 3.8) is 0 Å². The fraction of sp³-hybridized carbons (Fsp3) is 0.375. The summed E-state index contributed by atoms with van der Waals surface area (Å²) in [7, 11) is 1.62. The van der Waals surface area contributed by atoms with E-state index in [1.54, 1.807) is 13.1 Å². The molecule has 4 N–H and O–H groups in total. The molecule has 4 nitrogen and oxygen atoms in total. The van der Waals surface area contributed by atoms with Gasteiger partial charge in [0.05, 0.1) is 10.4 Å². The van der Waals surface area contributed by atoms with Gasteiger partial charge in [0.2, 0.25) is 0 Å². The third-order valence-electron chi connectivity index (χ3n) is 1.63. The van der Waals surface area contributed by atoms with Crippen LogP contribution in [0.25, 0.3) is 0 Å². The Morgan fingerprint density at radius 2 is 2.43 bits per heavy atom. The number of nitrogens with one attached hydrogen (secondary N) is 2. The maximum atomic E-state index is 11.2. The maximum absolute atomic E-state index is 11.2. The summed E-state index contributed by atoms with van der Waals surface area (Å²) in [6.07, 6.45) is 0.505. The first-order chi connectivity index (χ1) is 6.63. The third-order valence-corrected chi connectivity index (χ3v) is 2.89. The summed E-state index contributed by atoms with van der Waals surface area (Å²) in [4.78, 5) is 12.2. The van der Waals surface area contributed by atoms with Gasteiger partial charge in [-0.15, -0.1) is 11.3 Å². The lowest BCUT2D eigenvalue weighted by Crippen LogP contribution is -2.46. The van der Waals surface area contributed by atoms with E-state index in [1.165, 1.54) is 11.3 Å². The molecule has 14 heavy (non-hydrogen) atoms. The van der Waals surface area contributed by atoms with Gasteiger partial charge in [-0.25, -0.2) is 5.43 Å². The number of rotatable bonds is 4. The summed E-state index contributed by atoms with van der Waals surface area (Å²) < 4.78 is 0.709. The fourth-order valence-electron chi connectivity index (χ4n) is 0.987. The number of carbonyl (C=O) groups excluding carboxylic acids is 1. The van der Waals surface area contributed by atoms with Crippen molar-refractivity contribution in [1.82, 2.24) is 10.9 Å². The summed E-state index contributed by atoms with van der Waals surface area (Å²) in [6.45, 7) is 0. The Bertz CT molecular complexity index is 315. The van der Waals surface area contributed by atoms with Crippen LogP contribution >= 0.6 is 22.9 Å². The summed E-state index contributed by atoms with van der Waals surface area (Å²) >= 11 is 7.19. The van der Waals surface area contributed by atoms with Gasteiger partial charge in [0.25, 0.3) is 5.91 Å². The van der Waals surface area contributed by atoms with Crippen LogP contribution in [0, 0.1) is 0 Å². The van der Waals surface area contributed by atoms with Crippen LogP contribution in [0.1, 0.15) is 4.88 Å². The molecule has 0 aliphatic rings. The smallest absolute Gasteiger partial charge is 0.251 e. The lowest BCUT2D eigenvalue weighted by molar-refractivity contribution is -0.123. The third kappa shape index (κ3) is 3.26. The van der Waals surface area contributed by atoms with Crippen LogP contribution in [0.4, 0.5) is 0 Å². The largest absolute Gasteiger partial charge is 0.320 e. The van der Waals surface area contributed by atoms with Crippen LogP contribution in [-0.2, 0) is 11.2 Å². The minimum atomic E-state index is -0.544. The molecule has 0 aromatic carbocycles. The molecule has 1 unspecified atom stereocenters. The molecule has 0 aliphatic heterocycles. The van der Waals surface area contributed by atoms with Crippen LogP contribution in [0.5, 0.6) is 0 Å². The van der Waals surface area contributed by atoms with Gasteiger partial charge in [0, 0.05) is 18.3 Å². The summed E-state index contributed by atoms with van der Waals surface area (Å²) in [5.74, 6) is -0.225. The van der Waals surface area contributed by atoms with E-state index in [2.05, 4.69) is 10.9 Å². The van der Waals surface area contributed by atoms with E-state index in [4.69, 9.17) is 17.3 Å². The molecular weight excluding hydrogens is 222 g/mol. The number of hydrogen-bond acceptors (Lipinski definition) is 4. The van der Waals surface area contributed by atoms with Crippen LogP contribution < -0.4 is 16.6 Å². The predicted octanol–water partition coefficient (Wildman–Crippen LogP) is 0.522. The van der Waals surface area contributed by atoms with Gasteiger partial charge in [0.1, 0.15) is 0 Å². The number of thiophene rings is 1. The Balaban J connectivity index is 2.48. The zero-order chi connectivity index (χ0) is 10.6. The quantitative estimate of drug-likeness (QED) is 0.665. The molecule has 1 amide bonds. The summed E-state index contributed by atoms with van der Waals surface area (Å²) in [5, 5.41) is 0. The molecule has 0 radical (unpaired) electrons. The van der Waals surface area contributed by atoms with Crippen molar-refractivity contribution in [2.75, 3.05) is 7.05 Å². The second-order valence-corrected chi connectivity index (χ2v) is 4.56. The Morgan fingerprint density at radius 3 is 2.93 bits per heavy atom. The molecule has 0 fully saturated rings. The average molecular weight is 234 g/mol. The molecule has 1 atom stereocenters. The van der Waals surface area contributed by atoms with Crippen molar-refractivity contribution < 1.29 is 4.79 Å². The number of nitrogens with two attached hydrogens (primary N) is 1. The molecule has 1 rings (SSSR count). The SMILES string of the molecule is CNNC(=O)C(N)Cc1ccc(Cl)s1. The summed E-state index contributed by atoms with van der Waals surface area (Å²) in [5.41, 5.74) is 10.6. The highest BCUT2D eigenvalue weighted by Crippen LogP contribution is 2.22. The second kappa shape index (κ2) is 5.31. The van der Waals surface area contributed by atoms with Crippen molar-refractivity contribution in [3.8, 4) is 0 Å². The van der Waals surface area contributed by atoms with Crippen molar-refractivity contribution in [2.45, 2.75) is 12.5 Å². The van der Waals surface area contributed by atoms with Crippen molar-refractivity contribution in [1.29, 1.82) is 0 Å². The minimum absolute atomic E-state index is 0.225. The van der Waals surface area contributed by atoms with Crippen molar-refractivity contribution in [3.05, 3.63) is 21.3 Å². The van der Waals surface area contributed by atoms with Crippen LogP contribution in [-0.4, -0.2) is 19.0 Å². The highest BCUT2D eigenvalue weighted by molar-refractivity contribution is 7.16. The maximum Gasteiger partial charge on any atom is 0.251 e. The first kappa shape index (κ1) is 11.5. The minimum Gasteiger partial charge on any atom is -0.320 e. The van der Waals surface area contributed by atoms with Crippen molar-refractivity contribution >= 4 is 28.8 Å². The first-order valence-electron chi connectivity index (χ1n) is 4.10. The molecule has 1 aromatic heterocycles. The van der Waals surface area contributed by atoms with E-state index in [0.29, 0.717) is 10.8 Å². The molecule has 0 saturated heterocycles. The van der Waals surface area contributed by atoms with Gasteiger partial charge in [-0.05, 0) is 12.1 Å². The van der Waals surface area contributed by atoms with Gasteiger partial charge >= 0.3 is 0 Å². The number of halogens is 1. The molecule has 0 saturated carbocycles. The van der Waals surface area contributed by atoms with E-state index < -0.39 is 6.04 Å². The van der Waals surface area contributed by atoms with Crippen LogP contribution in [0.15, 0.2) is 12.1 Å². The standard InChI is InChI=1S/C8H12ClN3OS/c1-11-12-8(13)6(10)4-5-2-3-7(9)14-5/h2-3,6,11H,4,10H2,1H3,(H,12,13). The number of amides is 1. The Labute approximate surface area is 91.4 Å². The van der Waals surface area contributed by atoms with Crippen LogP contribution in [0.2, 0.25) is 4.34 Å². The van der Waals surface area contributed by atoms with Gasteiger partial charge in [-0.3, -0.25) is 10.2 Å². The zero-order valence-corrected chi connectivity index (χ0v) is 9.28. The van der Waals surface area contributed by atoms with E-state index in [-0.39, 0.29) is 5.91 Å². The highest BCUT2D eigenvalue weighted by atomic mass is 35.5. The molecule has 0 aliphatic carbocycles. The Morgan fingerprint density at radius 1 is 1.71 bits per heavy atom. The molecule has 1 aromatic rings. The van der Waals surface area contributed by atoms with E-state index >= 15 is 0 Å². The summed E-state index contributed by atoms with van der Waals surface area (Å²) in [6, 6.07) is 3.13. The van der Waals surface area contributed by atoms with E-state index in [0.717, 1.165) is 4.88 Å². The topological polar surface area (TPSA) is 67.1 Å². The number of carbonyl (C=O) groups is 1. The van der Waals surface area contributed by atoms with Gasteiger partial charge in [-0.1, -0.05) is 11.6 Å². The molecule has 0 bridgehead atoms. The lowest BCUT2D eigenvalue weighted by atomic mass is 10.2.